The van der Waals surface area contributed by atoms with E-state index in [1.165, 1.54) is 17.7 Å². The van der Waals surface area contributed by atoms with Gasteiger partial charge < -0.3 is 9.73 Å². The van der Waals surface area contributed by atoms with Crippen LogP contribution < -0.4 is 5.32 Å². The van der Waals surface area contributed by atoms with Crippen molar-refractivity contribution >= 4 is 11.3 Å². The molecule has 0 saturated carbocycles. The van der Waals surface area contributed by atoms with Gasteiger partial charge in [0.1, 0.15) is 5.76 Å². The zero-order valence-corrected chi connectivity index (χ0v) is 13.3. The summed E-state index contributed by atoms with van der Waals surface area (Å²) in [6.07, 6.45) is 5.41. The standard InChI is InChI=1S/C17H25NOS/c1-14(2)7-8-15(17-6-3-11-19-17)9-10-18-13-16-5-4-12-20-16/h3-6,11-12,14-15,18H,7-10,13H2,1-2H3/t15-/m1/s1. The molecule has 20 heavy (non-hydrogen) atoms. The molecule has 0 amide bonds. The van der Waals surface area contributed by atoms with Crippen molar-refractivity contribution in [1.82, 2.24) is 5.32 Å². The van der Waals surface area contributed by atoms with Crippen LogP contribution in [0.2, 0.25) is 0 Å². The number of thiophene rings is 1. The number of furan rings is 1. The molecule has 2 rings (SSSR count). The summed E-state index contributed by atoms with van der Waals surface area (Å²) in [5, 5.41) is 5.67. The monoisotopic (exact) mass is 291 g/mol. The fourth-order valence-corrected chi connectivity index (χ4v) is 3.06. The van der Waals surface area contributed by atoms with Crippen LogP contribution in [0.25, 0.3) is 0 Å². The Balaban J connectivity index is 1.75. The largest absolute Gasteiger partial charge is 0.469 e. The molecule has 2 nitrogen and oxygen atoms in total. The average molecular weight is 291 g/mol. The van der Waals surface area contributed by atoms with Crippen LogP contribution in [0, 0.1) is 5.92 Å². The van der Waals surface area contributed by atoms with Crippen LogP contribution in [-0.2, 0) is 6.54 Å². The van der Waals surface area contributed by atoms with Gasteiger partial charge in [0.05, 0.1) is 6.26 Å². The van der Waals surface area contributed by atoms with E-state index in [0.717, 1.165) is 31.2 Å². The van der Waals surface area contributed by atoms with E-state index in [1.54, 1.807) is 6.26 Å². The zero-order chi connectivity index (χ0) is 14.2. The molecule has 0 aliphatic carbocycles. The third-order valence-corrected chi connectivity index (χ3v) is 4.46. The van der Waals surface area contributed by atoms with Crippen LogP contribution >= 0.6 is 11.3 Å². The molecule has 0 spiro atoms. The summed E-state index contributed by atoms with van der Waals surface area (Å²) in [4.78, 5) is 1.40. The van der Waals surface area contributed by atoms with Gasteiger partial charge >= 0.3 is 0 Å². The molecule has 0 bridgehead atoms. The van der Waals surface area contributed by atoms with E-state index < -0.39 is 0 Å². The van der Waals surface area contributed by atoms with E-state index in [9.17, 15) is 0 Å². The molecule has 2 aromatic heterocycles. The highest BCUT2D eigenvalue weighted by atomic mass is 32.1. The molecule has 2 heterocycles. The highest BCUT2D eigenvalue weighted by molar-refractivity contribution is 7.09. The quantitative estimate of drug-likeness (QED) is 0.655. The highest BCUT2D eigenvalue weighted by Gasteiger charge is 2.14. The normalized spacial score (nSPS) is 12.9. The van der Waals surface area contributed by atoms with Gasteiger partial charge in [0, 0.05) is 17.3 Å². The predicted molar refractivity (Wildman–Crippen MR) is 86.2 cm³/mol. The summed E-state index contributed by atoms with van der Waals surface area (Å²) in [5.41, 5.74) is 0. The van der Waals surface area contributed by atoms with E-state index >= 15 is 0 Å². The maximum absolute atomic E-state index is 5.61. The molecule has 0 fully saturated rings. The van der Waals surface area contributed by atoms with E-state index in [4.69, 9.17) is 4.42 Å². The van der Waals surface area contributed by atoms with Gasteiger partial charge in [0.2, 0.25) is 0 Å². The maximum atomic E-state index is 5.61. The lowest BCUT2D eigenvalue weighted by atomic mass is 9.93. The average Bonchev–Trinajstić information content (AvgIpc) is 3.10. The Morgan fingerprint density at radius 2 is 2.05 bits per heavy atom. The van der Waals surface area contributed by atoms with E-state index in [1.807, 2.05) is 17.4 Å². The molecule has 0 aromatic carbocycles. The molecule has 1 atom stereocenters. The first kappa shape index (κ1) is 15.3. The van der Waals surface area contributed by atoms with E-state index in [2.05, 4.69) is 42.7 Å². The minimum Gasteiger partial charge on any atom is -0.469 e. The molecule has 0 aliphatic heterocycles. The van der Waals surface area contributed by atoms with Crippen LogP contribution in [0.3, 0.4) is 0 Å². The SMILES string of the molecule is CC(C)CC[C@H](CCNCc1cccs1)c1ccco1. The summed E-state index contributed by atoms with van der Waals surface area (Å²) in [6.45, 7) is 6.59. The first-order chi connectivity index (χ1) is 9.75. The number of rotatable bonds is 9. The fourth-order valence-electron chi connectivity index (χ4n) is 2.39. The fraction of sp³-hybridized carbons (Fsp3) is 0.529. The Morgan fingerprint density at radius 3 is 2.70 bits per heavy atom. The Kier molecular flexibility index (Phi) is 6.34. The highest BCUT2D eigenvalue weighted by Crippen LogP contribution is 2.26. The number of hydrogen-bond acceptors (Lipinski definition) is 3. The zero-order valence-electron chi connectivity index (χ0n) is 12.5. The van der Waals surface area contributed by atoms with Gasteiger partial charge in [-0.2, -0.15) is 0 Å². The smallest absolute Gasteiger partial charge is 0.106 e. The van der Waals surface area contributed by atoms with Gasteiger partial charge in [-0.1, -0.05) is 26.3 Å². The molecular weight excluding hydrogens is 266 g/mol. The Labute approximate surface area is 126 Å². The summed E-state index contributed by atoms with van der Waals surface area (Å²) < 4.78 is 5.61. The lowest BCUT2D eigenvalue weighted by Gasteiger charge is -2.16. The summed E-state index contributed by atoms with van der Waals surface area (Å²) in [7, 11) is 0. The summed E-state index contributed by atoms with van der Waals surface area (Å²) in [6, 6.07) is 8.40. The third-order valence-electron chi connectivity index (χ3n) is 3.59. The second kappa shape index (κ2) is 8.28. The molecule has 0 aliphatic rings. The van der Waals surface area contributed by atoms with Crippen molar-refractivity contribution in [3.63, 3.8) is 0 Å². The van der Waals surface area contributed by atoms with Crippen molar-refractivity contribution in [1.29, 1.82) is 0 Å². The second-order valence-corrected chi connectivity index (χ2v) is 6.76. The van der Waals surface area contributed by atoms with Crippen LogP contribution in [0.5, 0.6) is 0 Å². The number of hydrogen-bond donors (Lipinski definition) is 1. The third kappa shape index (κ3) is 5.14. The molecule has 2 aromatic rings. The maximum Gasteiger partial charge on any atom is 0.106 e. The molecule has 3 heteroatoms. The molecule has 110 valence electrons. The molecule has 1 N–H and O–H groups in total. The molecular formula is C17H25NOS. The van der Waals surface area contributed by atoms with Gasteiger partial charge in [-0.25, -0.2) is 0 Å². The van der Waals surface area contributed by atoms with Gasteiger partial charge in [0.25, 0.3) is 0 Å². The lowest BCUT2D eigenvalue weighted by molar-refractivity contribution is 0.397. The van der Waals surface area contributed by atoms with Crippen molar-refractivity contribution in [2.24, 2.45) is 5.92 Å². The van der Waals surface area contributed by atoms with Crippen molar-refractivity contribution in [3.8, 4) is 0 Å². The molecule has 0 unspecified atom stereocenters. The lowest BCUT2D eigenvalue weighted by Crippen LogP contribution is -2.17. The topological polar surface area (TPSA) is 25.2 Å². The summed E-state index contributed by atoms with van der Waals surface area (Å²) in [5.74, 6) is 2.44. The van der Waals surface area contributed by atoms with Gasteiger partial charge in [-0.05, 0) is 48.9 Å². The van der Waals surface area contributed by atoms with Crippen molar-refractivity contribution < 1.29 is 4.42 Å². The van der Waals surface area contributed by atoms with Crippen LogP contribution in [-0.4, -0.2) is 6.54 Å². The number of nitrogens with one attached hydrogen (secondary N) is 1. The van der Waals surface area contributed by atoms with E-state index in [0.29, 0.717) is 5.92 Å². The van der Waals surface area contributed by atoms with Crippen molar-refractivity contribution in [3.05, 3.63) is 46.5 Å². The van der Waals surface area contributed by atoms with Crippen molar-refractivity contribution in [2.75, 3.05) is 6.54 Å². The van der Waals surface area contributed by atoms with Gasteiger partial charge in [0.15, 0.2) is 0 Å². The first-order valence-corrected chi connectivity index (χ1v) is 8.40. The Morgan fingerprint density at radius 1 is 1.15 bits per heavy atom. The Bertz CT molecular complexity index is 447. The molecule has 0 radical (unpaired) electrons. The summed E-state index contributed by atoms with van der Waals surface area (Å²) >= 11 is 1.81. The van der Waals surface area contributed by atoms with Crippen LogP contribution in [0.15, 0.2) is 40.3 Å². The Hall–Kier alpha value is -1.06. The van der Waals surface area contributed by atoms with Crippen LogP contribution in [0.1, 0.15) is 49.7 Å². The van der Waals surface area contributed by atoms with Gasteiger partial charge in [-0.15, -0.1) is 11.3 Å². The van der Waals surface area contributed by atoms with E-state index in [-0.39, 0.29) is 0 Å². The van der Waals surface area contributed by atoms with Gasteiger partial charge in [-0.3, -0.25) is 0 Å². The first-order valence-electron chi connectivity index (χ1n) is 7.52. The van der Waals surface area contributed by atoms with Crippen LogP contribution in [0.4, 0.5) is 0 Å². The predicted octanol–water partition coefficient (Wildman–Crippen LogP) is 5.04. The minimum atomic E-state index is 0.545. The molecule has 0 saturated heterocycles. The minimum absolute atomic E-state index is 0.545. The second-order valence-electron chi connectivity index (χ2n) is 5.73. The van der Waals surface area contributed by atoms with Crippen molar-refractivity contribution in [2.45, 2.75) is 45.6 Å².